The third-order valence-corrected chi connectivity index (χ3v) is 3.03. The van der Waals surface area contributed by atoms with Gasteiger partial charge in [-0.15, -0.1) is 0 Å². The Morgan fingerprint density at radius 2 is 1.67 bits per heavy atom. The number of piperidine rings is 1. The molecule has 6 heteroatoms. The van der Waals surface area contributed by atoms with Gasteiger partial charge in [-0.1, -0.05) is 0 Å². The van der Waals surface area contributed by atoms with Gasteiger partial charge >= 0.3 is 6.18 Å². The second kappa shape index (κ2) is 3.30. The summed E-state index contributed by atoms with van der Waals surface area (Å²) >= 11 is 1.96. The van der Waals surface area contributed by atoms with E-state index in [0.29, 0.717) is 0 Å². The van der Waals surface area contributed by atoms with Crippen molar-refractivity contribution < 1.29 is 18.3 Å². The summed E-state index contributed by atoms with van der Waals surface area (Å²) in [5, 5.41) is 9.17. The van der Waals surface area contributed by atoms with Crippen molar-refractivity contribution in [3.05, 3.63) is 0 Å². The summed E-state index contributed by atoms with van der Waals surface area (Å²) in [4.78, 5) is 0. The minimum atomic E-state index is -4.48. The number of hydrogen-bond acceptors (Lipinski definition) is 2. The summed E-state index contributed by atoms with van der Waals surface area (Å²) in [7, 11) is 0. The van der Waals surface area contributed by atoms with Crippen LogP contribution in [0.25, 0.3) is 0 Å². The lowest BCUT2D eigenvalue weighted by molar-refractivity contribution is -0.269. The third kappa shape index (κ3) is 2.02. The normalized spacial score (nSPS) is 25.8. The first-order chi connectivity index (χ1) is 5.35. The largest absolute Gasteiger partial charge is 0.417 e. The van der Waals surface area contributed by atoms with Crippen molar-refractivity contribution in [2.24, 2.45) is 0 Å². The van der Waals surface area contributed by atoms with Crippen molar-refractivity contribution >= 4 is 22.9 Å². The lowest BCUT2D eigenvalue weighted by atomic mass is 9.92. The molecule has 0 aromatic heterocycles. The molecule has 0 spiro atoms. The molecule has 2 nitrogen and oxygen atoms in total. The van der Waals surface area contributed by atoms with Gasteiger partial charge in [0.1, 0.15) is 0 Å². The van der Waals surface area contributed by atoms with Crippen LogP contribution in [0.3, 0.4) is 0 Å². The highest BCUT2D eigenvalue weighted by Crippen LogP contribution is 2.38. The number of rotatable bonds is 0. The molecular weight excluding hydrogens is 286 g/mol. The summed E-state index contributed by atoms with van der Waals surface area (Å²) in [5.41, 5.74) is -2.45. The predicted molar refractivity (Wildman–Crippen MR) is 45.8 cm³/mol. The van der Waals surface area contributed by atoms with Crippen molar-refractivity contribution in [3.63, 3.8) is 0 Å². The number of nitrogens with zero attached hydrogens (tertiary/aromatic N) is 1. The number of hydrogen-bond donors (Lipinski definition) is 1. The van der Waals surface area contributed by atoms with Crippen LogP contribution in [-0.4, -0.2) is 33.1 Å². The molecule has 1 fully saturated rings. The van der Waals surface area contributed by atoms with Gasteiger partial charge in [0, 0.05) is 36.0 Å². The Balaban J connectivity index is 2.62. The first kappa shape index (κ1) is 10.5. The van der Waals surface area contributed by atoms with Crippen LogP contribution in [0, 0.1) is 0 Å². The van der Waals surface area contributed by atoms with Crippen LogP contribution < -0.4 is 0 Å². The van der Waals surface area contributed by atoms with Crippen LogP contribution in [0.2, 0.25) is 0 Å². The van der Waals surface area contributed by atoms with Gasteiger partial charge in [-0.05, 0) is 12.8 Å². The van der Waals surface area contributed by atoms with Crippen LogP contribution in [0.15, 0.2) is 0 Å². The van der Waals surface area contributed by atoms with Crippen molar-refractivity contribution in [2.45, 2.75) is 24.6 Å². The first-order valence-electron chi connectivity index (χ1n) is 3.55. The fourth-order valence-electron chi connectivity index (χ4n) is 1.13. The van der Waals surface area contributed by atoms with Crippen LogP contribution in [0.1, 0.15) is 12.8 Å². The molecular formula is C6H9F3INO. The van der Waals surface area contributed by atoms with E-state index in [1.807, 2.05) is 22.9 Å². The Kier molecular flexibility index (Phi) is 2.89. The lowest BCUT2D eigenvalue weighted by Gasteiger charge is -2.36. The molecule has 1 aliphatic rings. The molecule has 12 heavy (non-hydrogen) atoms. The molecule has 0 aliphatic carbocycles. The molecule has 0 bridgehead atoms. The van der Waals surface area contributed by atoms with Gasteiger partial charge < -0.3 is 5.11 Å². The van der Waals surface area contributed by atoms with Crippen LogP contribution >= 0.6 is 22.9 Å². The molecule has 1 N–H and O–H groups in total. The Bertz CT molecular complexity index is 165. The quantitative estimate of drug-likeness (QED) is 0.543. The smallest absolute Gasteiger partial charge is 0.380 e. The molecule has 1 aliphatic heterocycles. The SMILES string of the molecule is OC1(C(F)(F)F)CCN(I)CC1. The van der Waals surface area contributed by atoms with Crippen LogP contribution in [0.4, 0.5) is 13.2 Å². The number of alkyl halides is 3. The Morgan fingerprint density at radius 1 is 1.25 bits per heavy atom. The second-order valence-electron chi connectivity index (χ2n) is 2.94. The summed E-state index contributed by atoms with van der Waals surface area (Å²) in [6.45, 7) is 0.577. The average molecular weight is 295 g/mol. The fraction of sp³-hybridized carbons (Fsp3) is 1.00. The van der Waals surface area contributed by atoms with E-state index in [4.69, 9.17) is 0 Å². The summed E-state index contributed by atoms with van der Waals surface area (Å²) < 4.78 is 38.3. The van der Waals surface area contributed by atoms with E-state index in [-0.39, 0.29) is 25.9 Å². The summed E-state index contributed by atoms with van der Waals surface area (Å²) in [6, 6.07) is 0. The van der Waals surface area contributed by atoms with E-state index in [1.54, 1.807) is 3.11 Å². The molecule has 0 atom stereocenters. The predicted octanol–water partition coefficient (Wildman–Crippen LogP) is 1.73. The van der Waals surface area contributed by atoms with Gasteiger partial charge in [-0.25, -0.2) is 3.11 Å². The van der Waals surface area contributed by atoms with Gasteiger partial charge in [-0.3, -0.25) is 0 Å². The van der Waals surface area contributed by atoms with E-state index in [0.717, 1.165) is 0 Å². The molecule has 1 rings (SSSR count). The minimum Gasteiger partial charge on any atom is -0.380 e. The van der Waals surface area contributed by atoms with Crippen LogP contribution in [0.5, 0.6) is 0 Å². The fourth-order valence-corrected chi connectivity index (χ4v) is 1.62. The van der Waals surface area contributed by atoms with E-state index >= 15 is 0 Å². The van der Waals surface area contributed by atoms with E-state index in [1.165, 1.54) is 0 Å². The maximum Gasteiger partial charge on any atom is 0.417 e. The maximum absolute atomic E-state index is 12.2. The van der Waals surface area contributed by atoms with Crippen molar-refractivity contribution in [3.8, 4) is 0 Å². The van der Waals surface area contributed by atoms with E-state index in [2.05, 4.69) is 0 Å². The Morgan fingerprint density at radius 3 is 2.00 bits per heavy atom. The molecule has 0 amide bonds. The molecule has 0 unspecified atom stereocenters. The topological polar surface area (TPSA) is 23.5 Å². The molecule has 0 aromatic rings. The first-order valence-corrected chi connectivity index (χ1v) is 4.51. The lowest BCUT2D eigenvalue weighted by Crippen LogP contribution is -2.51. The molecule has 0 aromatic carbocycles. The summed E-state index contributed by atoms with van der Waals surface area (Å²) in [5.74, 6) is 0. The van der Waals surface area contributed by atoms with Gasteiger partial charge in [0.05, 0.1) is 0 Å². The standard InChI is InChI=1S/C6H9F3INO/c7-6(8,9)5(12)1-3-11(10)4-2-5/h12H,1-4H2. The van der Waals surface area contributed by atoms with Gasteiger partial charge in [0.25, 0.3) is 0 Å². The number of aliphatic hydroxyl groups is 1. The zero-order valence-corrected chi connectivity index (χ0v) is 8.39. The molecule has 0 saturated carbocycles. The maximum atomic E-state index is 12.2. The summed E-state index contributed by atoms with van der Waals surface area (Å²) in [6.07, 6.45) is -4.93. The zero-order valence-electron chi connectivity index (χ0n) is 6.23. The highest BCUT2D eigenvalue weighted by Gasteiger charge is 2.54. The average Bonchev–Trinajstić information content (AvgIpc) is 1.93. The van der Waals surface area contributed by atoms with E-state index < -0.39 is 11.8 Å². The van der Waals surface area contributed by atoms with Crippen molar-refractivity contribution in [1.29, 1.82) is 0 Å². The van der Waals surface area contributed by atoms with Gasteiger partial charge in [0.2, 0.25) is 0 Å². The molecule has 72 valence electrons. The molecule has 1 saturated heterocycles. The third-order valence-electron chi connectivity index (χ3n) is 2.06. The highest BCUT2D eigenvalue weighted by atomic mass is 127. The molecule has 0 radical (unpaired) electrons. The highest BCUT2D eigenvalue weighted by molar-refractivity contribution is 14.1. The van der Waals surface area contributed by atoms with Gasteiger partial charge in [0.15, 0.2) is 5.60 Å². The Labute approximate surface area is 82.2 Å². The molecule has 1 heterocycles. The Hall–Kier alpha value is 0.440. The van der Waals surface area contributed by atoms with Gasteiger partial charge in [-0.2, -0.15) is 13.2 Å². The zero-order chi connectivity index (χ0) is 9.41. The number of halogens is 4. The van der Waals surface area contributed by atoms with Crippen molar-refractivity contribution in [2.75, 3.05) is 13.1 Å². The minimum absolute atomic E-state index is 0.223. The monoisotopic (exact) mass is 295 g/mol. The van der Waals surface area contributed by atoms with Crippen LogP contribution in [-0.2, 0) is 0 Å². The second-order valence-corrected chi connectivity index (χ2v) is 4.30. The van der Waals surface area contributed by atoms with E-state index in [9.17, 15) is 18.3 Å². The van der Waals surface area contributed by atoms with Crippen molar-refractivity contribution in [1.82, 2.24) is 3.11 Å².